The molecule has 2 aliphatic heterocycles. The zero-order valence-corrected chi connectivity index (χ0v) is 20.9. The van der Waals surface area contributed by atoms with Gasteiger partial charge in [0.1, 0.15) is 0 Å². The number of nitro benzene ring substituents is 1. The Labute approximate surface area is 211 Å². The number of benzene rings is 2. The van der Waals surface area contributed by atoms with E-state index in [-0.39, 0.29) is 36.7 Å². The van der Waals surface area contributed by atoms with E-state index in [0.29, 0.717) is 38.2 Å². The Balaban J connectivity index is 1.47. The van der Waals surface area contributed by atoms with Crippen LogP contribution < -0.4 is 0 Å². The van der Waals surface area contributed by atoms with Gasteiger partial charge in [-0.15, -0.1) is 0 Å². The Kier molecular flexibility index (Phi) is 8.68. The third-order valence-electron chi connectivity index (χ3n) is 6.48. The molecule has 1 amide bonds. The lowest BCUT2D eigenvalue weighted by atomic mass is 9.99. The van der Waals surface area contributed by atoms with E-state index in [1.165, 1.54) is 28.6 Å². The van der Waals surface area contributed by atoms with E-state index in [2.05, 4.69) is 0 Å². The van der Waals surface area contributed by atoms with Gasteiger partial charge >= 0.3 is 0 Å². The summed E-state index contributed by atoms with van der Waals surface area (Å²) >= 11 is 0. The van der Waals surface area contributed by atoms with Gasteiger partial charge in [0.2, 0.25) is 10.0 Å². The standard InChI is InChI=1S/C25H31N3O7S/c29-25-21-9-2-1-8-20(21)13-15-26(25)16-17-27(14-7-19-35-24-12-5-6-18-34-24)36(32,33)23-11-4-3-10-22(23)28(30)31/h1-4,8-11,24H,5-7,12-19H2. The van der Waals surface area contributed by atoms with Gasteiger partial charge in [0.05, 0.1) is 11.5 Å². The topological polar surface area (TPSA) is 119 Å². The minimum Gasteiger partial charge on any atom is -0.353 e. The van der Waals surface area contributed by atoms with Crippen LogP contribution in [0.5, 0.6) is 0 Å². The largest absolute Gasteiger partial charge is 0.353 e. The van der Waals surface area contributed by atoms with Crippen LogP contribution in [0, 0.1) is 10.1 Å². The molecule has 1 fully saturated rings. The molecule has 0 aromatic heterocycles. The van der Waals surface area contributed by atoms with Crippen LogP contribution in [0.25, 0.3) is 0 Å². The van der Waals surface area contributed by atoms with Crippen molar-refractivity contribution in [2.75, 3.05) is 39.4 Å². The molecule has 0 radical (unpaired) electrons. The van der Waals surface area contributed by atoms with Crippen molar-refractivity contribution < 1.29 is 27.6 Å². The second-order valence-electron chi connectivity index (χ2n) is 8.85. The summed E-state index contributed by atoms with van der Waals surface area (Å²) in [6.07, 6.45) is 3.61. The number of ether oxygens (including phenoxy) is 2. The molecule has 2 aromatic rings. The predicted molar refractivity (Wildman–Crippen MR) is 132 cm³/mol. The van der Waals surface area contributed by atoms with Gasteiger partial charge in [-0.1, -0.05) is 30.3 Å². The van der Waals surface area contributed by atoms with Gasteiger partial charge in [-0.3, -0.25) is 14.9 Å². The number of sulfonamides is 1. The first-order chi connectivity index (χ1) is 17.4. The quantitative estimate of drug-likeness (QED) is 0.255. The Morgan fingerprint density at radius 2 is 1.89 bits per heavy atom. The van der Waals surface area contributed by atoms with Crippen LogP contribution in [0.3, 0.4) is 0 Å². The normalized spacial score (nSPS) is 18.3. The number of nitro groups is 1. The molecule has 1 saturated heterocycles. The van der Waals surface area contributed by atoms with Crippen LogP contribution >= 0.6 is 0 Å². The van der Waals surface area contributed by atoms with Crippen LogP contribution in [0.15, 0.2) is 53.4 Å². The number of hydrogen-bond acceptors (Lipinski definition) is 7. The Morgan fingerprint density at radius 1 is 1.11 bits per heavy atom. The highest BCUT2D eigenvalue weighted by atomic mass is 32.2. The number of rotatable bonds is 11. The first-order valence-electron chi connectivity index (χ1n) is 12.2. The molecule has 2 aliphatic rings. The van der Waals surface area contributed by atoms with Crippen LogP contribution in [0.1, 0.15) is 41.6 Å². The molecule has 0 spiro atoms. The molecule has 0 aliphatic carbocycles. The summed E-state index contributed by atoms with van der Waals surface area (Å²) < 4.78 is 39.6. The second kappa shape index (κ2) is 11.9. The van der Waals surface area contributed by atoms with Gasteiger partial charge in [0, 0.05) is 44.4 Å². The average Bonchev–Trinajstić information content (AvgIpc) is 2.90. The lowest BCUT2D eigenvalue weighted by Crippen LogP contribution is -2.44. The Morgan fingerprint density at radius 3 is 2.67 bits per heavy atom. The summed E-state index contributed by atoms with van der Waals surface area (Å²) in [7, 11) is -4.19. The molecule has 10 nitrogen and oxygen atoms in total. The number of carbonyl (C=O) groups is 1. The van der Waals surface area contributed by atoms with Crippen molar-refractivity contribution in [3.05, 3.63) is 69.8 Å². The Bertz CT molecular complexity index is 1180. The molecule has 1 unspecified atom stereocenters. The molecule has 11 heteroatoms. The zero-order valence-electron chi connectivity index (χ0n) is 20.1. The first-order valence-corrected chi connectivity index (χ1v) is 13.7. The third kappa shape index (κ3) is 6.09. The molecular formula is C25H31N3O7S. The van der Waals surface area contributed by atoms with E-state index in [9.17, 15) is 23.3 Å². The molecule has 1 atom stereocenters. The smallest absolute Gasteiger partial charge is 0.289 e. The minimum atomic E-state index is -4.19. The van der Waals surface area contributed by atoms with Crippen molar-refractivity contribution in [3.63, 3.8) is 0 Å². The average molecular weight is 518 g/mol. The summed E-state index contributed by atoms with van der Waals surface area (Å²) in [6, 6.07) is 12.7. The molecule has 2 heterocycles. The van der Waals surface area contributed by atoms with Crippen molar-refractivity contribution in [1.29, 1.82) is 0 Å². The highest BCUT2D eigenvalue weighted by molar-refractivity contribution is 7.89. The van der Waals surface area contributed by atoms with Crippen molar-refractivity contribution in [2.24, 2.45) is 0 Å². The van der Waals surface area contributed by atoms with E-state index in [0.717, 1.165) is 24.8 Å². The van der Waals surface area contributed by atoms with Crippen LogP contribution in [0.2, 0.25) is 0 Å². The summed E-state index contributed by atoms with van der Waals surface area (Å²) in [6.45, 7) is 1.72. The van der Waals surface area contributed by atoms with Crippen molar-refractivity contribution in [3.8, 4) is 0 Å². The van der Waals surface area contributed by atoms with E-state index in [4.69, 9.17) is 9.47 Å². The van der Waals surface area contributed by atoms with Crippen molar-refractivity contribution >= 4 is 21.6 Å². The summed E-state index contributed by atoms with van der Waals surface area (Å²) in [5.41, 5.74) is 1.13. The van der Waals surface area contributed by atoms with E-state index in [1.807, 2.05) is 18.2 Å². The van der Waals surface area contributed by atoms with Crippen LogP contribution in [0.4, 0.5) is 5.69 Å². The summed E-state index contributed by atoms with van der Waals surface area (Å²) in [5, 5.41) is 11.5. The summed E-state index contributed by atoms with van der Waals surface area (Å²) in [4.78, 5) is 25.1. The van der Waals surface area contributed by atoms with E-state index < -0.39 is 20.6 Å². The van der Waals surface area contributed by atoms with Gasteiger partial charge < -0.3 is 14.4 Å². The maximum atomic E-state index is 13.6. The number of amides is 1. The van der Waals surface area contributed by atoms with Gasteiger partial charge in [-0.25, -0.2) is 8.42 Å². The van der Waals surface area contributed by atoms with Gasteiger partial charge in [0.15, 0.2) is 11.2 Å². The fourth-order valence-corrected chi connectivity index (χ4v) is 6.16. The predicted octanol–water partition coefficient (Wildman–Crippen LogP) is 3.22. The molecule has 4 rings (SSSR count). The first kappa shape index (κ1) is 26.2. The summed E-state index contributed by atoms with van der Waals surface area (Å²) in [5.74, 6) is -0.141. The Hall–Kier alpha value is -2.86. The van der Waals surface area contributed by atoms with Crippen molar-refractivity contribution in [2.45, 2.75) is 43.3 Å². The monoisotopic (exact) mass is 517 g/mol. The molecular weight excluding hydrogens is 486 g/mol. The lowest BCUT2D eigenvalue weighted by molar-refractivity contribution is -0.387. The SMILES string of the molecule is O=C1c2ccccc2CCN1CCN(CCCOC1CCCCO1)S(=O)(=O)c1ccccc1[N+](=O)[O-]. The number of fused-ring (bicyclic) bond motifs is 1. The maximum Gasteiger partial charge on any atom is 0.289 e. The van der Waals surface area contributed by atoms with E-state index in [1.54, 1.807) is 11.0 Å². The number of hydrogen-bond donors (Lipinski definition) is 0. The fourth-order valence-electron chi connectivity index (χ4n) is 4.54. The highest BCUT2D eigenvalue weighted by Crippen LogP contribution is 2.27. The number of nitrogens with zero attached hydrogens (tertiary/aromatic N) is 3. The molecule has 2 aromatic carbocycles. The molecule has 194 valence electrons. The second-order valence-corrected chi connectivity index (χ2v) is 10.8. The molecule has 0 N–H and O–H groups in total. The molecule has 0 bridgehead atoms. The number of carbonyl (C=O) groups excluding carboxylic acids is 1. The zero-order chi connectivity index (χ0) is 25.5. The van der Waals surface area contributed by atoms with Crippen LogP contribution in [-0.4, -0.2) is 74.1 Å². The fraction of sp³-hybridized carbons (Fsp3) is 0.480. The lowest BCUT2D eigenvalue weighted by Gasteiger charge is -2.31. The van der Waals surface area contributed by atoms with Gasteiger partial charge in [-0.2, -0.15) is 4.31 Å². The highest BCUT2D eigenvalue weighted by Gasteiger charge is 2.32. The van der Waals surface area contributed by atoms with Crippen molar-refractivity contribution in [1.82, 2.24) is 9.21 Å². The maximum absolute atomic E-state index is 13.6. The molecule has 36 heavy (non-hydrogen) atoms. The minimum absolute atomic E-state index is 0.0161. The van der Waals surface area contributed by atoms with Gasteiger partial charge in [-0.05, 0) is 49.8 Å². The van der Waals surface area contributed by atoms with Gasteiger partial charge in [0.25, 0.3) is 11.6 Å². The number of para-hydroxylation sites is 1. The third-order valence-corrected chi connectivity index (χ3v) is 8.42. The molecule has 0 saturated carbocycles. The van der Waals surface area contributed by atoms with E-state index >= 15 is 0 Å². The van der Waals surface area contributed by atoms with Crippen LogP contribution in [-0.2, 0) is 25.9 Å².